The summed E-state index contributed by atoms with van der Waals surface area (Å²) in [5, 5.41) is 6.14. The number of nitrogens with one attached hydrogen (secondary N) is 2. The molecule has 7 nitrogen and oxygen atoms in total. The number of hydrogen-bond donors (Lipinski definition) is 3. The first kappa shape index (κ1) is 30.8. The SMILES string of the molecule is Nc1ccccc1NC(=O)CCCCCC(=O)N(Cc1ccccc1)C(Cc1ccccc1)C(=O)NC1CCCCC1. The summed E-state index contributed by atoms with van der Waals surface area (Å²) in [4.78, 5) is 41.8. The van der Waals surface area contributed by atoms with Gasteiger partial charge in [0.1, 0.15) is 6.04 Å². The number of amides is 3. The van der Waals surface area contributed by atoms with E-state index in [1.54, 1.807) is 17.0 Å². The van der Waals surface area contributed by atoms with Crippen LogP contribution >= 0.6 is 0 Å². The van der Waals surface area contributed by atoms with Crippen molar-refractivity contribution in [1.29, 1.82) is 0 Å². The van der Waals surface area contributed by atoms with Crippen LogP contribution in [0.5, 0.6) is 0 Å². The zero-order valence-corrected chi connectivity index (χ0v) is 24.5. The molecule has 0 aliphatic heterocycles. The molecule has 0 bridgehead atoms. The Morgan fingerprint density at radius 1 is 0.762 bits per heavy atom. The van der Waals surface area contributed by atoms with Gasteiger partial charge in [-0.1, -0.05) is 98.5 Å². The zero-order chi connectivity index (χ0) is 29.6. The van der Waals surface area contributed by atoms with Crippen LogP contribution in [-0.2, 0) is 27.3 Å². The van der Waals surface area contributed by atoms with Crippen LogP contribution in [0, 0.1) is 0 Å². The van der Waals surface area contributed by atoms with E-state index in [9.17, 15) is 14.4 Å². The largest absolute Gasteiger partial charge is 0.397 e. The molecular weight excluding hydrogens is 524 g/mol. The number of nitrogens with zero attached hydrogens (tertiary/aromatic N) is 1. The predicted molar refractivity (Wildman–Crippen MR) is 169 cm³/mol. The monoisotopic (exact) mass is 568 g/mol. The van der Waals surface area contributed by atoms with Crippen LogP contribution in [0.4, 0.5) is 11.4 Å². The van der Waals surface area contributed by atoms with Gasteiger partial charge in [0.25, 0.3) is 0 Å². The van der Waals surface area contributed by atoms with E-state index in [0.717, 1.165) is 43.2 Å². The molecule has 3 aromatic rings. The average Bonchev–Trinajstić information content (AvgIpc) is 3.01. The van der Waals surface area contributed by atoms with Crippen molar-refractivity contribution in [2.75, 3.05) is 11.1 Å². The molecule has 222 valence electrons. The van der Waals surface area contributed by atoms with Crippen molar-refractivity contribution in [1.82, 2.24) is 10.2 Å². The summed E-state index contributed by atoms with van der Waals surface area (Å²) >= 11 is 0. The number of unbranched alkanes of at least 4 members (excludes halogenated alkanes) is 2. The number of nitrogens with two attached hydrogens (primary N) is 1. The Bertz CT molecular complexity index is 1280. The van der Waals surface area contributed by atoms with Gasteiger partial charge in [-0.15, -0.1) is 0 Å². The van der Waals surface area contributed by atoms with Crippen molar-refractivity contribution in [3.63, 3.8) is 0 Å². The molecule has 1 aliphatic carbocycles. The minimum atomic E-state index is -0.607. The van der Waals surface area contributed by atoms with Crippen LogP contribution in [0.3, 0.4) is 0 Å². The summed E-state index contributed by atoms with van der Waals surface area (Å²) < 4.78 is 0. The van der Waals surface area contributed by atoms with E-state index in [1.807, 2.05) is 72.8 Å². The fraction of sp³-hybridized carbons (Fsp3) is 0.400. The predicted octanol–water partition coefficient (Wildman–Crippen LogP) is 6.25. The van der Waals surface area contributed by atoms with Gasteiger partial charge in [0.15, 0.2) is 0 Å². The van der Waals surface area contributed by atoms with Gasteiger partial charge in [0.05, 0.1) is 11.4 Å². The first-order chi connectivity index (χ1) is 20.5. The number of anilines is 2. The number of para-hydroxylation sites is 2. The Balaban J connectivity index is 1.40. The first-order valence-electron chi connectivity index (χ1n) is 15.3. The highest BCUT2D eigenvalue weighted by Crippen LogP contribution is 2.21. The molecule has 0 heterocycles. The van der Waals surface area contributed by atoms with Gasteiger partial charge in [-0.3, -0.25) is 14.4 Å². The molecule has 0 spiro atoms. The lowest BCUT2D eigenvalue weighted by molar-refractivity contribution is -0.141. The molecule has 1 aliphatic rings. The number of rotatable bonds is 14. The Kier molecular flexibility index (Phi) is 12.0. The van der Waals surface area contributed by atoms with E-state index in [4.69, 9.17) is 5.73 Å². The number of benzene rings is 3. The molecule has 3 amide bonds. The van der Waals surface area contributed by atoms with Gasteiger partial charge in [-0.25, -0.2) is 0 Å². The lowest BCUT2D eigenvalue weighted by Gasteiger charge is -2.33. The summed E-state index contributed by atoms with van der Waals surface area (Å²) in [6, 6.07) is 26.5. The maximum absolute atomic E-state index is 13.8. The Hall–Kier alpha value is -4.13. The van der Waals surface area contributed by atoms with Crippen LogP contribution in [0.2, 0.25) is 0 Å². The molecule has 1 saturated carbocycles. The van der Waals surface area contributed by atoms with Gasteiger partial charge in [0, 0.05) is 31.8 Å². The van der Waals surface area contributed by atoms with Crippen molar-refractivity contribution in [2.24, 2.45) is 0 Å². The molecule has 42 heavy (non-hydrogen) atoms. The van der Waals surface area contributed by atoms with Crippen LogP contribution in [0.25, 0.3) is 0 Å². The lowest BCUT2D eigenvalue weighted by Crippen LogP contribution is -2.52. The third-order valence-corrected chi connectivity index (χ3v) is 7.95. The van der Waals surface area contributed by atoms with E-state index in [0.29, 0.717) is 50.0 Å². The van der Waals surface area contributed by atoms with E-state index < -0.39 is 6.04 Å². The Labute approximate surface area is 249 Å². The van der Waals surface area contributed by atoms with E-state index >= 15 is 0 Å². The summed E-state index contributed by atoms with van der Waals surface area (Å²) in [7, 11) is 0. The summed E-state index contributed by atoms with van der Waals surface area (Å²) in [5.74, 6) is -0.209. The van der Waals surface area contributed by atoms with Crippen LogP contribution in [0.15, 0.2) is 84.9 Å². The number of hydrogen-bond acceptors (Lipinski definition) is 4. The normalized spacial score (nSPS) is 14.1. The third kappa shape index (κ3) is 9.75. The minimum Gasteiger partial charge on any atom is -0.397 e. The first-order valence-corrected chi connectivity index (χ1v) is 15.3. The summed E-state index contributed by atoms with van der Waals surface area (Å²) in [6.45, 7) is 0.371. The van der Waals surface area contributed by atoms with Crippen molar-refractivity contribution in [3.8, 4) is 0 Å². The van der Waals surface area contributed by atoms with Gasteiger partial charge in [-0.2, -0.15) is 0 Å². The second-order valence-corrected chi connectivity index (χ2v) is 11.3. The molecule has 1 atom stereocenters. The number of nitrogen functional groups attached to an aromatic ring is 1. The zero-order valence-electron chi connectivity index (χ0n) is 24.5. The van der Waals surface area contributed by atoms with Crippen LogP contribution in [0.1, 0.15) is 75.3 Å². The van der Waals surface area contributed by atoms with E-state index in [2.05, 4.69) is 10.6 Å². The van der Waals surface area contributed by atoms with Crippen molar-refractivity contribution >= 4 is 29.1 Å². The summed E-state index contributed by atoms with van der Waals surface area (Å²) in [6.07, 6.45) is 8.62. The van der Waals surface area contributed by atoms with Crippen LogP contribution in [-0.4, -0.2) is 34.7 Å². The Morgan fingerprint density at radius 3 is 2.07 bits per heavy atom. The fourth-order valence-electron chi connectivity index (χ4n) is 5.58. The van der Waals surface area contributed by atoms with Gasteiger partial charge in [0.2, 0.25) is 17.7 Å². The van der Waals surface area contributed by atoms with Crippen molar-refractivity contribution in [3.05, 3.63) is 96.1 Å². The summed E-state index contributed by atoms with van der Waals surface area (Å²) in [5.41, 5.74) is 9.09. The second-order valence-electron chi connectivity index (χ2n) is 11.3. The molecule has 3 aromatic carbocycles. The molecular formula is C35H44N4O3. The smallest absolute Gasteiger partial charge is 0.243 e. The quantitative estimate of drug-likeness (QED) is 0.158. The highest BCUT2D eigenvalue weighted by molar-refractivity contribution is 5.93. The second kappa shape index (κ2) is 16.3. The van der Waals surface area contributed by atoms with Crippen LogP contribution < -0.4 is 16.4 Å². The highest BCUT2D eigenvalue weighted by atomic mass is 16.2. The molecule has 0 aromatic heterocycles. The Morgan fingerprint density at radius 2 is 1.38 bits per heavy atom. The topological polar surface area (TPSA) is 105 Å². The molecule has 0 radical (unpaired) electrons. The standard InChI is InChI=1S/C35H44N4O3/c36-30-21-13-14-22-31(30)38-33(40)23-11-4-12-24-34(41)39(26-28-17-7-2-8-18-28)32(25-27-15-5-1-6-16-27)35(42)37-29-19-9-3-10-20-29/h1-2,5-8,13-18,21-22,29,32H,3-4,9-12,19-20,23-26,36H2,(H,37,42)(H,38,40). The number of carbonyl (C=O) groups excluding carboxylic acids is 3. The highest BCUT2D eigenvalue weighted by Gasteiger charge is 2.31. The molecule has 4 N–H and O–H groups in total. The fourth-order valence-corrected chi connectivity index (χ4v) is 5.58. The molecule has 0 saturated heterocycles. The molecule has 7 heteroatoms. The van der Waals surface area contributed by atoms with E-state index in [-0.39, 0.29) is 23.8 Å². The molecule has 1 fully saturated rings. The molecule has 4 rings (SSSR count). The van der Waals surface area contributed by atoms with E-state index in [1.165, 1.54) is 6.42 Å². The third-order valence-electron chi connectivity index (χ3n) is 7.95. The van der Waals surface area contributed by atoms with Gasteiger partial charge >= 0.3 is 0 Å². The van der Waals surface area contributed by atoms with Gasteiger partial charge < -0.3 is 21.3 Å². The minimum absolute atomic E-state index is 0.0416. The molecule has 1 unspecified atom stereocenters. The maximum atomic E-state index is 13.8. The van der Waals surface area contributed by atoms with Crippen molar-refractivity contribution in [2.45, 2.75) is 89.3 Å². The number of carbonyl (C=O) groups is 3. The van der Waals surface area contributed by atoms with Gasteiger partial charge in [-0.05, 0) is 48.9 Å². The maximum Gasteiger partial charge on any atom is 0.243 e. The average molecular weight is 569 g/mol. The van der Waals surface area contributed by atoms with Crippen molar-refractivity contribution < 1.29 is 14.4 Å². The lowest BCUT2D eigenvalue weighted by atomic mass is 9.94.